The second-order valence-corrected chi connectivity index (χ2v) is 8.12. The smallest absolute Gasteiger partial charge is 0.337 e. The molecule has 0 aromatic heterocycles. The molecular weight excluding hydrogens is 512 g/mol. The van der Waals surface area contributed by atoms with E-state index in [0.29, 0.717) is 28.2 Å². The number of methoxy groups -OCH3 is 1. The van der Waals surface area contributed by atoms with Crippen molar-refractivity contribution < 1.29 is 23.8 Å². The Morgan fingerprint density at radius 2 is 1.94 bits per heavy atom. The molecule has 162 valence electrons. The molecule has 0 spiro atoms. The molecular formula is C22H17BrCl2FNO4. The van der Waals surface area contributed by atoms with E-state index in [9.17, 15) is 14.3 Å². The molecule has 3 rings (SSSR count). The van der Waals surface area contributed by atoms with Crippen molar-refractivity contribution in [1.29, 1.82) is 0 Å². The molecule has 2 N–H and O–H groups in total. The zero-order valence-electron chi connectivity index (χ0n) is 16.2. The predicted octanol–water partition coefficient (Wildman–Crippen LogP) is 6.79. The van der Waals surface area contributed by atoms with Gasteiger partial charge in [-0.3, -0.25) is 0 Å². The van der Waals surface area contributed by atoms with Gasteiger partial charge < -0.3 is 19.9 Å². The molecule has 0 aliphatic heterocycles. The number of hydrogen-bond acceptors (Lipinski definition) is 4. The lowest BCUT2D eigenvalue weighted by Gasteiger charge is -2.16. The summed E-state index contributed by atoms with van der Waals surface area (Å²) in [7, 11) is 1.50. The summed E-state index contributed by atoms with van der Waals surface area (Å²) in [6.45, 7) is 0.315. The fourth-order valence-electron chi connectivity index (χ4n) is 2.83. The zero-order valence-corrected chi connectivity index (χ0v) is 19.3. The number of aromatic carboxylic acids is 1. The van der Waals surface area contributed by atoms with Crippen LogP contribution < -0.4 is 14.8 Å². The minimum Gasteiger partial charge on any atom is -0.493 e. The fourth-order valence-corrected chi connectivity index (χ4v) is 3.85. The van der Waals surface area contributed by atoms with Gasteiger partial charge in [-0.2, -0.15) is 0 Å². The van der Waals surface area contributed by atoms with Gasteiger partial charge >= 0.3 is 5.97 Å². The van der Waals surface area contributed by atoms with Crippen molar-refractivity contribution in [3.05, 3.63) is 85.6 Å². The van der Waals surface area contributed by atoms with Crippen molar-refractivity contribution in [2.45, 2.75) is 13.2 Å². The number of anilines is 1. The van der Waals surface area contributed by atoms with Crippen LogP contribution in [0, 0.1) is 5.82 Å². The van der Waals surface area contributed by atoms with E-state index in [0.717, 1.165) is 5.56 Å². The van der Waals surface area contributed by atoms with Crippen LogP contribution in [0.3, 0.4) is 0 Å². The van der Waals surface area contributed by atoms with Crippen molar-refractivity contribution in [2.24, 2.45) is 0 Å². The maximum Gasteiger partial charge on any atom is 0.337 e. The molecule has 0 heterocycles. The summed E-state index contributed by atoms with van der Waals surface area (Å²) in [5, 5.41) is 12.8. The molecule has 0 fully saturated rings. The molecule has 3 aromatic rings. The molecule has 0 aliphatic carbocycles. The molecule has 0 saturated carbocycles. The van der Waals surface area contributed by atoms with Crippen molar-refractivity contribution in [3.8, 4) is 11.5 Å². The average molecular weight is 529 g/mol. The van der Waals surface area contributed by atoms with E-state index in [1.807, 2.05) is 6.07 Å². The third-order valence-corrected chi connectivity index (χ3v) is 5.68. The molecule has 3 aromatic carbocycles. The minimum atomic E-state index is -1.10. The Hall–Kier alpha value is -2.48. The molecule has 0 unspecified atom stereocenters. The summed E-state index contributed by atoms with van der Waals surface area (Å²) in [5.41, 5.74) is 1.71. The van der Waals surface area contributed by atoms with Gasteiger partial charge in [0.25, 0.3) is 0 Å². The molecule has 0 radical (unpaired) electrons. The Kier molecular flexibility index (Phi) is 7.64. The lowest BCUT2D eigenvalue weighted by atomic mass is 10.1. The van der Waals surface area contributed by atoms with E-state index < -0.39 is 11.8 Å². The normalized spacial score (nSPS) is 10.6. The molecule has 31 heavy (non-hydrogen) atoms. The van der Waals surface area contributed by atoms with Gasteiger partial charge in [0.2, 0.25) is 0 Å². The van der Waals surface area contributed by atoms with Crippen molar-refractivity contribution in [2.75, 3.05) is 12.4 Å². The summed E-state index contributed by atoms with van der Waals surface area (Å²) in [6, 6.07) is 12.7. The van der Waals surface area contributed by atoms with Crippen LogP contribution in [0.15, 0.2) is 53.0 Å². The topological polar surface area (TPSA) is 67.8 Å². The summed E-state index contributed by atoms with van der Waals surface area (Å²) in [4.78, 5) is 11.2. The minimum absolute atomic E-state index is 0.0148. The number of benzene rings is 3. The van der Waals surface area contributed by atoms with Crippen LogP contribution in [0.4, 0.5) is 10.1 Å². The maximum atomic E-state index is 14.0. The number of rotatable bonds is 8. The molecule has 0 saturated heterocycles. The lowest BCUT2D eigenvalue weighted by Crippen LogP contribution is -2.05. The highest BCUT2D eigenvalue weighted by molar-refractivity contribution is 9.10. The van der Waals surface area contributed by atoms with Crippen LogP contribution in [0.1, 0.15) is 21.5 Å². The highest BCUT2D eigenvalue weighted by Gasteiger charge is 2.15. The van der Waals surface area contributed by atoms with E-state index in [2.05, 4.69) is 21.2 Å². The zero-order chi connectivity index (χ0) is 22.5. The van der Waals surface area contributed by atoms with Crippen LogP contribution in [-0.2, 0) is 13.2 Å². The van der Waals surface area contributed by atoms with Crippen LogP contribution >= 0.6 is 39.1 Å². The highest BCUT2D eigenvalue weighted by Crippen LogP contribution is 2.38. The Bertz CT molecular complexity index is 1110. The van der Waals surface area contributed by atoms with E-state index in [-0.39, 0.29) is 27.8 Å². The monoisotopic (exact) mass is 527 g/mol. The first-order chi connectivity index (χ1) is 14.8. The number of hydrogen-bond donors (Lipinski definition) is 2. The number of carboxylic acids is 1. The Balaban J connectivity index is 1.76. The lowest BCUT2D eigenvalue weighted by molar-refractivity contribution is 0.0697. The molecule has 0 bridgehead atoms. The average Bonchev–Trinajstić information content (AvgIpc) is 2.73. The Morgan fingerprint density at radius 3 is 2.61 bits per heavy atom. The number of nitrogens with one attached hydrogen (secondary N) is 1. The predicted molar refractivity (Wildman–Crippen MR) is 122 cm³/mol. The van der Waals surface area contributed by atoms with Crippen LogP contribution in [0.5, 0.6) is 11.5 Å². The molecule has 9 heteroatoms. The van der Waals surface area contributed by atoms with E-state index >= 15 is 0 Å². The van der Waals surface area contributed by atoms with Gasteiger partial charge in [0.1, 0.15) is 12.4 Å². The fraction of sp³-hybridized carbons (Fsp3) is 0.136. The number of carboxylic acid groups (broad SMARTS) is 1. The highest BCUT2D eigenvalue weighted by atomic mass is 79.9. The third kappa shape index (κ3) is 5.61. The van der Waals surface area contributed by atoms with Crippen molar-refractivity contribution in [3.63, 3.8) is 0 Å². The van der Waals surface area contributed by atoms with Gasteiger partial charge in [-0.25, -0.2) is 9.18 Å². The first-order valence-electron chi connectivity index (χ1n) is 8.99. The standard InChI is InChI=1S/C22H17BrCl2FNO4/c1-30-20-8-12(10-27-13-5-6-18(25)14(9-13)22(28)29)7-16(23)21(20)31-11-15-17(24)3-2-4-19(15)26/h2-9,27H,10-11H2,1H3,(H,28,29). The first kappa shape index (κ1) is 23.2. The summed E-state index contributed by atoms with van der Waals surface area (Å²) < 4.78 is 25.8. The Labute approximate surface area is 196 Å². The number of halogens is 4. The number of ether oxygens (including phenoxy) is 2. The Morgan fingerprint density at radius 1 is 1.16 bits per heavy atom. The van der Waals surface area contributed by atoms with Gasteiger partial charge in [0.15, 0.2) is 11.5 Å². The molecule has 0 aliphatic rings. The van der Waals surface area contributed by atoms with E-state index in [1.54, 1.807) is 18.2 Å². The third-order valence-electron chi connectivity index (χ3n) is 4.41. The van der Waals surface area contributed by atoms with Crippen LogP contribution in [0.25, 0.3) is 0 Å². The first-order valence-corrected chi connectivity index (χ1v) is 10.5. The molecule has 5 nitrogen and oxygen atoms in total. The van der Waals surface area contributed by atoms with Gasteiger partial charge in [-0.1, -0.05) is 29.3 Å². The summed E-state index contributed by atoms with van der Waals surface area (Å²) >= 11 is 15.4. The molecule has 0 amide bonds. The van der Waals surface area contributed by atoms with Gasteiger partial charge in [-0.15, -0.1) is 0 Å². The van der Waals surface area contributed by atoms with Gasteiger partial charge in [0.05, 0.1) is 27.2 Å². The van der Waals surface area contributed by atoms with Gasteiger partial charge in [0, 0.05) is 17.8 Å². The summed E-state index contributed by atoms with van der Waals surface area (Å²) in [6.07, 6.45) is 0. The van der Waals surface area contributed by atoms with Crippen LogP contribution in [-0.4, -0.2) is 18.2 Å². The molecule has 0 atom stereocenters. The van der Waals surface area contributed by atoms with Gasteiger partial charge in [-0.05, 0) is 64.0 Å². The van der Waals surface area contributed by atoms with Crippen LogP contribution in [0.2, 0.25) is 10.0 Å². The second kappa shape index (κ2) is 10.2. The van der Waals surface area contributed by atoms with E-state index in [4.69, 9.17) is 32.7 Å². The van der Waals surface area contributed by atoms with E-state index in [1.165, 1.54) is 31.4 Å². The second-order valence-electron chi connectivity index (χ2n) is 6.45. The van der Waals surface area contributed by atoms with Crippen molar-refractivity contribution in [1.82, 2.24) is 0 Å². The largest absolute Gasteiger partial charge is 0.493 e. The SMILES string of the molecule is COc1cc(CNc2ccc(Cl)c(C(=O)O)c2)cc(Br)c1OCc1c(F)cccc1Cl. The summed E-state index contributed by atoms with van der Waals surface area (Å²) in [5.74, 6) is -0.701. The number of carbonyl (C=O) groups is 1. The maximum absolute atomic E-state index is 14.0. The quantitative estimate of drug-likeness (QED) is 0.337. The van der Waals surface area contributed by atoms with Crippen molar-refractivity contribution >= 4 is 50.8 Å².